The lowest BCUT2D eigenvalue weighted by Crippen LogP contribution is -2.37. The lowest BCUT2D eigenvalue weighted by molar-refractivity contribution is -0.137. The number of alkyl halides is 3. The van der Waals surface area contributed by atoms with Gasteiger partial charge in [-0.2, -0.15) is 13.2 Å². The highest BCUT2D eigenvalue weighted by molar-refractivity contribution is 5.94. The molecule has 1 atom stereocenters. The molecule has 0 aliphatic carbocycles. The van der Waals surface area contributed by atoms with Gasteiger partial charge in [-0.15, -0.1) is 0 Å². The summed E-state index contributed by atoms with van der Waals surface area (Å²) in [5.74, 6) is -0.297. The molecule has 0 N–H and O–H groups in total. The first-order valence-corrected chi connectivity index (χ1v) is 8.18. The van der Waals surface area contributed by atoms with Gasteiger partial charge < -0.3 is 14.1 Å². The standard InChI is InChI=1S/C17H15F3N4O3/c1-23(11-2-3-26-8-11)16(25)13-5-22-15-12(14-6-21-9-27-14)4-10(7-24(13)15)17(18,19)20/h4-7,9,11H,2-3,8H2,1H3/t11-/m1/s1. The van der Waals surface area contributed by atoms with Gasteiger partial charge in [-0.05, 0) is 12.5 Å². The Morgan fingerprint density at radius 3 is 2.81 bits per heavy atom. The van der Waals surface area contributed by atoms with Gasteiger partial charge in [0, 0.05) is 19.9 Å². The molecule has 1 amide bonds. The van der Waals surface area contributed by atoms with Crippen LogP contribution in [0.1, 0.15) is 22.5 Å². The number of imidazole rings is 1. The average Bonchev–Trinajstić information content (AvgIpc) is 3.40. The lowest BCUT2D eigenvalue weighted by Gasteiger charge is -2.23. The van der Waals surface area contributed by atoms with Crippen molar-refractivity contribution in [2.45, 2.75) is 18.6 Å². The largest absolute Gasteiger partial charge is 0.443 e. The van der Waals surface area contributed by atoms with Crippen molar-refractivity contribution in [3.05, 3.63) is 42.3 Å². The molecule has 1 saturated heterocycles. The van der Waals surface area contributed by atoms with E-state index in [1.54, 1.807) is 7.05 Å². The van der Waals surface area contributed by atoms with Crippen LogP contribution in [0.25, 0.3) is 17.0 Å². The van der Waals surface area contributed by atoms with Gasteiger partial charge in [0.25, 0.3) is 5.91 Å². The summed E-state index contributed by atoms with van der Waals surface area (Å²) in [6, 6.07) is 0.814. The molecule has 0 saturated carbocycles. The number of carbonyl (C=O) groups excluding carboxylic acids is 1. The smallest absolute Gasteiger partial charge is 0.417 e. The van der Waals surface area contributed by atoms with Crippen LogP contribution < -0.4 is 0 Å². The summed E-state index contributed by atoms with van der Waals surface area (Å²) in [6.45, 7) is 0.944. The Hall–Kier alpha value is -2.88. The number of nitrogens with zero attached hydrogens (tertiary/aromatic N) is 4. The fourth-order valence-corrected chi connectivity index (χ4v) is 3.10. The Labute approximate surface area is 151 Å². The molecule has 7 nitrogen and oxygen atoms in total. The molecule has 0 spiro atoms. The zero-order valence-corrected chi connectivity index (χ0v) is 14.2. The van der Waals surface area contributed by atoms with E-state index in [1.807, 2.05) is 0 Å². The number of rotatable bonds is 3. The van der Waals surface area contributed by atoms with Crippen molar-refractivity contribution in [3.8, 4) is 11.3 Å². The first-order chi connectivity index (χ1) is 12.9. The molecule has 10 heteroatoms. The van der Waals surface area contributed by atoms with Crippen LogP contribution in [0, 0.1) is 0 Å². The van der Waals surface area contributed by atoms with Crippen molar-refractivity contribution in [1.82, 2.24) is 19.3 Å². The molecule has 1 fully saturated rings. The molecule has 0 bridgehead atoms. The molecule has 4 heterocycles. The number of aromatic nitrogens is 3. The van der Waals surface area contributed by atoms with E-state index in [4.69, 9.17) is 9.15 Å². The van der Waals surface area contributed by atoms with Crippen molar-refractivity contribution >= 4 is 11.6 Å². The van der Waals surface area contributed by atoms with Crippen LogP contribution in [0.4, 0.5) is 13.2 Å². The second-order valence-corrected chi connectivity index (χ2v) is 6.28. The van der Waals surface area contributed by atoms with Crippen LogP contribution in [0.15, 0.2) is 35.5 Å². The Morgan fingerprint density at radius 2 is 2.19 bits per heavy atom. The summed E-state index contributed by atoms with van der Waals surface area (Å²) in [4.78, 5) is 22.2. The predicted molar refractivity (Wildman–Crippen MR) is 87.0 cm³/mol. The molecule has 4 rings (SSSR count). The summed E-state index contributed by atoms with van der Waals surface area (Å²) in [5.41, 5.74) is -0.598. The van der Waals surface area contributed by atoms with Gasteiger partial charge in [-0.1, -0.05) is 0 Å². The van der Waals surface area contributed by atoms with Gasteiger partial charge in [0.1, 0.15) is 11.3 Å². The zero-order chi connectivity index (χ0) is 19.2. The third kappa shape index (κ3) is 3.05. The average molecular weight is 380 g/mol. The Morgan fingerprint density at radius 1 is 1.37 bits per heavy atom. The lowest BCUT2D eigenvalue weighted by atomic mass is 10.1. The van der Waals surface area contributed by atoms with Crippen LogP contribution in [0.3, 0.4) is 0 Å². The monoisotopic (exact) mass is 380 g/mol. The van der Waals surface area contributed by atoms with Crippen LogP contribution in [0.5, 0.6) is 0 Å². The van der Waals surface area contributed by atoms with E-state index in [2.05, 4.69) is 9.97 Å². The third-order valence-electron chi connectivity index (χ3n) is 4.62. The molecule has 0 aromatic carbocycles. The van der Waals surface area contributed by atoms with Gasteiger partial charge >= 0.3 is 6.18 Å². The number of oxazole rings is 1. The fourth-order valence-electron chi connectivity index (χ4n) is 3.10. The van der Waals surface area contributed by atoms with Crippen molar-refractivity contribution in [1.29, 1.82) is 0 Å². The minimum atomic E-state index is -4.60. The van der Waals surface area contributed by atoms with E-state index in [1.165, 1.54) is 17.3 Å². The number of fused-ring (bicyclic) bond motifs is 1. The van der Waals surface area contributed by atoms with Crippen molar-refractivity contribution < 1.29 is 27.1 Å². The maximum Gasteiger partial charge on any atom is 0.417 e. The number of pyridine rings is 1. The highest BCUT2D eigenvalue weighted by atomic mass is 19.4. The van der Waals surface area contributed by atoms with Crippen molar-refractivity contribution in [3.63, 3.8) is 0 Å². The maximum absolute atomic E-state index is 13.4. The predicted octanol–water partition coefficient (Wildman–Crippen LogP) is 2.87. The molecule has 0 unspecified atom stereocenters. The number of amides is 1. The quantitative estimate of drug-likeness (QED) is 0.699. The zero-order valence-electron chi connectivity index (χ0n) is 14.2. The highest BCUT2D eigenvalue weighted by Gasteiger charge is 2.34. The minimum Gasteiger partial charge on any atom is -0.443 e. The summed E-state index contributed by atoms with van der Waals surface area (Å²) in [6.07, 6.45) is 0.635. The van der Waals surface area contributed by atoms with E-state index >= 15 is 0 Å². The summed E-state index contributed by atoms with van der Waals surface area (Å²) >= 11 is 0. The van der Waals surface area contributed by atoms with Gasteiger partial charge in [0.05, 0.1) is 36.2 Å². The van der Waals surface area contributed by atoms with E-state index in [-0.39, 0.29) is 28.7 Å². The van der Waals surface area contributed by atoms with E-state index in [0.29, 0.717) is 19.6 Å². The maximum atomic E-state index is 13.4. The van der Waals surface area contributed by atoms with E-state index in [9.17, 15) is 18.0 Å². The highest BCUT2D eigenvalue weighted by Crippen LogP contribution is 2.34. The van der Waals surface area contributed by atoms with E-state index < -0.39 is 17.6 Å². The van der Waals surface area contributed by atoms with Gasteiger partial charge in [0.15, 0.2) is 12.2 Å². The second kappa shape index (κ2) is 6.38. The Balaban J connectivity index is 1.85. The molecule has 1 aliphatic heterocycles. The third-order valence-corrected chi connectivity index (χ3v) is 4.62. The molecular weight excluding hydrogens is 365 g/mol. The van der Waals surface area contributed by atoms with E-state index in [0.717, 1.165) is 23.1 Å². The first-order valence-electron chi connectivity index (χ1n) is 8.18. The second-order valence-electron chi connectivity index (χ2n) is 6.28. The van der Waals surface area contributed by atoms with Gasteiger partial charge in [-0.3, -0.25) is 9.20 Å². The van der Waals surface area contributed by atoms with Gasteiger partial charge in [-0.25, -0.2) is 9.97 Å². The molecular formula is C17H15F3N4O3. The Bertz CT molecular complexity index is 975. The number of hydrogen-bond donors (Lipinski definition) is 0. The number of hydrogen-bond acceptors (Lipinski definition) is 5. The number of ether oxygens (including phenoxy) is 1. The molecule has 1 aliphatic rings. The number of carbonyl (C=O) groups is 1. The Kier molecular flexibility index (Phi) is 4.14. The minimum absolute atomic E-state index is 0.0336. The van der Waals surface area contributed by atoms with Crippen LogP contribution in [0.2, 0.25) is 0 Å². The number of halogens is 3. The van der Waals surface area contributed by atoms with Crippen LogP contribution >= 0.6 is 0 Å². The van der Waals surface area contributed by atoms with Gasteiger partial charge in [0.2, 0.25) is 0 Å². The topological polar surface area (TPSA) is 72.9 Å². The molecule has 0 radical (unpaired) electrons. The molecule has 3 aromatic heterocycles. The van der Waals surface area contributed by atoms with Crippen molar-refractivity contribution in [2.24, 2.45) is 0 Å². The SMILES string of the molecule is CN(C(=O)c1cnc2c(-c3cnco3)cc(C(F)(F)F)cn12)[C@@H]1CCOC1. The molecule has 27 heavy (non-hydrogen) atoms. The fraction of sp³-hybridized carbons (Fsp3) is 0.353. The van der Waals surface area contributed by atoms with Crippen LogP contribution in [-0.2, 0) is 10.9 Å². The summed E-state index contributed by atoms with van der Waals surface area (Å²) in [7, 11) is 1.60. The molecule has 3 aromatic rings. The summed E-state index contributed by atoms with van der Waals surface area (Å²) in [5, 5.41) is 0. The normalized spacial score (nSPS) is 17.6. The first kappa shape index (κ1) is 17.5. The van der Waals surface area contributed by atoms with Crippen molar-refractivity contribution in [2.75, 3.05) is 20.3 Å². The summed E-state index contributed by atoms with van der Waals surface area (Å²) < 4.78 is 51.7. The molecule has 142 valence electrons. The van der Waals surface area contributed by atoms with Crippen LogP contribution in [-0.4, -0.2) is 51.5 Å². The number of likely N-dealkylation sites (N-methyl/N-ethyl adjacent to an activating group) is 1.